The maximum absolute atomic E-state index is 12.5. The van der Waals surface area contributed by atoms with Crippen LogP contribution in [-0.4, -0.2) is 68.5 Å². The van der Waals surface area contributed by atoms with Crippen LogP contribution in [0.4, 0.5) is 5.69 Å². The molecule has 1 unspecified atom stereocenters. The Morgan fingerprint density at radius 1 is 1.06 bits per heavy atom. The van der Waals surface area contributed by atoms with Crippen LogP contribution < -0.4 is 15.4 Å². The van der Waals surface area contributed by atoms with Gasteiger partial charge in [0.2, 0.25) is 0 Å². The molecule has 0 aromatic heterocycles. The fourth-order valence-corrected chi connectivity index (χ4v) is 3.78. The molecule has 8 heteroatoms. The van der Waals surface area contributed by atoms with Gasteiger partial charge in [0.1, 0.15) is 5.75 Å². The molecule has 2 amide bonds. The van der Waals surface area contributed by atoms with Gasteiger partial charge < -0.3 is 20.3 Å². The Morgan fingerprint density at radius 2 is 1.74 bits per heavy atom. The van der Waals surface area contributed by atoms with E-state index in [0.717, 1.165) is 43.1 Å². The van der Waals surface area contributed by atoms with Gasteiger partial charge in [0.25, 0.3) is 0 Å². The molecule has 1 saturated heterocycles. The van der Waals surface area contributed by atoms with Crippen LogP contribution in [0.3, 0.4) is 0 Å². The van der Waals surface area contributed by atoms with Gasteiger partial charge in [-0.05, 0) is 49.4 Å². The maximum Gasteiger partial charge on any atom is 0.313 e. The van der Waals surface area contributed by atoms with E-state index in [9.17, 15) is 9.59 Å². The highest BCUT2D eigenvalue weighted by Crippen LogP contribution is 2.25. The van der Waals surface area contributed by atoms with Gasteiger partial charge >= 0.3 is 11.8 Å². The van der Waals surface area contributed by atoms with Crippen LogP contribution in [0.25, 0.3) is 0 Å². The molecule has 0 spiro atoms. The van der Waals surface area contributed by atoms with Crippen molar-refractivity contribution < 1.29 is 14.3 Å². The van der Waals surface area contributed by atoms with E-state index in [0.29, 0.717) is 17.3 Å². The van der Waals surface area contributed by atoms with Gasteiger partial charge in [0, 0.05) is 43.4 Å². The number of hydrogen-bond acceptors (Lipinski definition) is 5. The Balaban J connectivity index is 1.67. The summed E-state index contributed by atoms with van der Waals surface area (Å²) in [4.78, 5) is 29.5. The number of nitrogens with one attached hydrogen (secondary N) is 2. The molecule has 1 heterocycles. The second kappa shape index (κ2) is 10.6. The second-order valence-corrected chi connectivity index (χ2v) is 8.11. The molecule has 3 rings (SSSR count). The van der Waals surface area contributed by atoms with Crippen molar-refractivity contribution in [3.8, 4) is 5.75 Å². The van der Waals surface area contributed by atoms with Crippen molar-refractivity contribution in [2.45, 2.75) is 13.0 Å². The van der Waals surface area contributed by atoms with Crippen LogP contribution in [-0.2, 0) is 9.59 Å². The van der Waals surface area contributed by atoms with E-state index in [1.54, 1.807) is 32.2 Å². The summed E-state index contributed by atoms with van der Waals surface area (Å²) in [5, 5.41) is 5.98. The zero-order chi connectivity index (χ0) is 22.4. The fraction of sp³-hybridized carbons (Fsp3) is 0.391. The number of rotatable bonds is 6. The summed E-state index contributed by atoms with van der Waals surface area (Å²) in [5.74, 6) is -0.606. The molecule has 1 aliphatic rings. The summed E-state index contributed by atoms with van der Waals surface area (Å²) in [5.41, 5.74) is 2.31. The zero-order valence-electron chi connectivity index (χ0n) is 18.2. The fourth-order valence-electron chi connectivity index (χ4n) is 3.61. The monoisotopic (exact) mass is 444 g/mol. The topological polar surface area (TPSA) is 73.9 Å². The molecule has 0 bridgehead atoms. The van der Waals surface area contributed by atoms with Crippen molar-refractivity contribution in [1.82, 2.24) is 15.1 Å². The first kappa shape index (κ1) is 23.1. The molecular weight excluding hydrogens is 416 g/mol. The highest BCUT2D eigenvalue weighted by molar-refractivity contribution is 6.40. The molecule has 1 atom stereocenters. The van der Waals surface area contributed by atoms with Crippen LogP contribution in [0, 0.1) is 6.92 Å². The lowest BCUT2D eigenvalue weighted by Gasteiger charge is -2.38. The highest BCUT2D eigenvalue weighted by Gasteiger charge is 2.25. The molecule has 2 aromatic rings. The summed E-state index contributed by atoms with van der Waals surface area (Å²) < 4.78 is 5.26. The Morgan fingerprint density at radius 3 is 2.39 bits per heavy atom. The molecular formula is C23H29ClN4O3. The largest absolute Gasteiger partial charge is 0.497 e. The average Bonchev–Trinajstić information content (AvgIpc) is 2.78. The number of benzene rings is 2. The molecule has 0 aliphatic carbocycles. The van der Waals surface area contributed by atoms with Gasteiger partial charge in [-0.1, -0.05) is 29.8 Å². The van der Waals surface area contributed by atoms with E-state index in [4.69, 9.17) is 16.3 Å². The van der Waals surface area contributed by atoms with E-state index < -0.39 is 11.8 Å². The van der Waals surface area contributed by atoms with Crippen LogP contribution in [0.1, 0.15) is 17.2 Å². The lowest BCUT2D eigenvalue weighted by molar-refractivity contribution is -0.136. The summed E-state index contributed by atoms with van der Waals surface area (Å²) in [7, 11) is 3.73. The Labute approximate surface area is 188 Å². The van der Waals surface area contributed by atoms with Crippen LogP contribution in [0.5, 0.6) is 5.75 Å². The van der Waals surface area contributed by atoms with E-state index in [2.05, 4.69) is 27.5 Å². The molecule has 31 heavy (non-hydrogen) atoms. The van der Waals surface area contributed by atoms with Crippen molar-refractivity contribution in [1.29, 1.82) is 0 Å². The SMILES string of the molecule is COc1ccc(C(CNC(=O)C(=O)Nc2cccc(Cl)c2C)N2CCN(C)CC2)cc1. The minimum absolute atomic E-state index is 0.0377. The van der Waals surface area contributed by atoms with Gasteiger partial charge in [-0.25, -0.2) is 0 Å². The molecule has 1 fully saturated rings. The molecule has 7 nitrogen and oxygen atoms in total. The predicted molar refractivity (Wildman–Crippen MR) is 123 cm³/mol. The molecule has 2 N–H and O–H groups in total. The summed E-state index contributed by atoms with van der Waals surface area (Å²) in [6.07, 6.45) is 0. The minimum atomic E-state index is -0.711. The number of hydrogen-bond donors (Lipinski definition) is 2. The standard InChI is InChI=1S/C23H29ClN4O3/c1-16-19(24)5-4-6-20(16)26-23(30)22(29)25-15-21(28-13-11-27(2)12-14-28)17-7-9-18(31-3)10-8-17/h4-10,21H,11-15H2,1-3H3,(H,25,29)(H,26,30). The van der Waals surface area contributed by atoms with Gasteiger partial charge in [-0.15, -0.1) is 0 Å². The van der Waals surface area contributed by atoms with Crippen LogP contribution in [0.15, 0.2) is 42.5 Å². The number of nitrogens with zero attached hydrogens (tertiary/aromatic N) is 2. The third-order valence-corrected chi connectivity index (χ3v) is 6.07. The van der Waals surface area contributed by atoms with Crippen LogP contribution >= 0.6 is 11.6 Å². The van der Waals surface area contributed by atoms with Crippen molar-refractivity contribution >= 4 is 29.1 Å². The van der Waals surface area contributed by atoms with Crippen LogP contribution in [0.2, 0.25) is 5.02 Å². The quantitative estimate of drug-likeness (QED) is 0.670. The maximum atomic E-state index is 12.5. The van der Waals surface area contributed by atoms with Gasteiger partial charge in [0.05, 0.1) is 13.2 Å². The first-order chi connectivity index (χ1) is 14.9. The molecule has 0 radical (unpaired) electrons. The van der Waals surface area contributed by atoms with E-state index >= 15 is 0 Å². The highest BCUT2D eigenvalue weighted by atomic mass is 35.5. The molecule has 0 saturated carbocycles. The number of ether oxygens (including phenoxy) is 1. The van der Waals surface area contributed by atoms with Gasteiger partial charge in [-0.2, -0.15) is 0 Å². The first-order valence-corrected chi connectivity index (χ1v) is 10.7. The minimum Gasteiger partial charge on any atom is -0.497 e. The third-order valence-electron chi connectivity index (χ3n) is 5.66. The second-order valence-electron chi connectivity index (χ2n) is 7.70. The predicted octanol–water partition coefficient (Wildman–Crippen LogP) is 2.70. The average molecular weight is 445 g/mol. The van der Waals surface area contributed by atoms with Crippen molar-refractivity contribution in [3.05, 3.63) is 58.6 Å². The Bertz CT molecular complexity index is 912. The number of anilines is 1. The van der Waals surface area contributed by atoms with Crippen molar-refractivity contribution in [3.63, 3.8) is 0 Å². The smallest absolute Gasteiger partial charge is 0.313 e. The van der Waals surface area contributed by atoms with E-state index in [-0.39, 0.29) is 6.04 Å². The number of amides is 2. The normalized spacial score (nSPS) is 15.9. The van der Waals surface area contributed by atoms with Crippen molar-refractivity contribution in [2.75, 3.05) is 52.2 Å². The lowest BCUT2D eigenvalue weighted by Crippen LogP contribution is -2.49. The van der Waals surface area contributed by atoms with Gasteiger partial charge in [-0.3, -0.25) is 14.5 Å². The number of carbonyl (C=O) groups excluding carboxylic acids is 2. The number of halogens is 1. The number of carbonyl (C=O) groups is 2. The van der Waals surface area contributed by atoms with E-state index in [1.165, 1.54) is 0 Å². The summed E-state index contributed by atoms with van der Waals surface area (Å²) in [6.45, 7) is 5.80. The Hall–Kier alpha value is -2.61. The lowest BCUT2D eigenvalue weighted by atomic mass is 10.0. The Kier molecular flexibility index (Phi) is 7.90. The zero-order valence-corrected chi connectivity index (χ0v) is 18.9. The summed E-state index contributed by atoms with van der Waals surface area (Å²) >= 11 is 6.10. The number of methoxy groups -OCH3 is 1. The number of likely N-dealkylation sites (N-methyl/N-ethyl adjacent to an activating group) is 1. The van der Waals surface area contributed by atoms with E-state index in [1.807, 2.05) is 24.3 Å². The summed E-state index contributed by atoms with van der Waals surface area (Å²) in [6, 6.07) is 13.0. The molecule has 2 aromatic carbocycles. The number of piperazine rings is 1. The van der Waals surface area contributed by atoms with Crippen molar-refractivity contribution in [2.24, 2.45) is 0 Å². The third kappa shape index (κ3) is 5.97. The molecule has 166 valence electrons. The molecule has 1 aliphatic heterocycles. The first-order valence-electron chi connectivity index (χ1n) is 10.3. The van der Waals surface area contributed by atoms with Gasteiger partial charge in [0.15, 0.2) is 0 Å².